The zero-order valence-electron chi connectivity index (χ0n) is 8.24. The molecule has 0 bridgehead atoms. The molecule has 0 saturated carbocycles. The van der Waals surface area contributed by atoms with Crippen LogP contribution in [0.2, 0.25) is 0 Å². The van der Waals surface area contributed by atoms with Crippen molar-refractivity contribution in [3.05, 3.63) is 24.2 Å². The molecule has 2 heterocycles. The number of furan rings is 1. The predicted molar refractivity (Wildman–Crippen MR) is 52.0 cm³/mol. The van der Waals surface area contributed by atoms with Crippen LogP contribution in [-0.2, 0) is 11.2 Å². The van der Waals surface area contributed by atoms with E-state index >= 15 is 0 Å². The first-order valence-electron chi connectivity index (χ1n) is 5.11. The molecule has 0 spiro atoms. The molecule has 1 aromatic rings. The van der Waals surface area contributed by atoms with Gasteiger partial charge in [-0.2, -0.15) is 0 Å². The van der Waals surface area contributed by atoms with E-state index in [1.54, 1.807) is 6.26 Å². The standard InChI is InChI=1S/C11H16O3/c12-11(4-2-6-13-8-5-11)9-10-3-1-7-14-10/h1,3,7,12H,2,4-6,8-9H2. The quantitative estimate of drug-likeness (QED) is 0.783. The maximum atomic E-state index is 10.3. The minimum atomic E-state index is -0.631. The lowest BCUT2D eigenvalue weighted by Gasteiger charge is -2.24. The lowest BCUT2D eigenvalue weighted by molar-refractivity contribution is 0.0146. The lowest BCUT2D eigenvalue weighted by Crippen LogP contribution is -2.31. The summed E-state index contributed by atoms with van der Waals surface area (Å²) in [6, 6.07) is 3.76. The molecule has 1 aliphatic rings. The average Bonchev–Trinajstić information content (AvgIpc) is 2.55. The largest absolute Gasteiger partial charge is 0.469 e. The predicted octanol–water partition coefficient (Wildman–Crippen LogP) is 1.75. The monoisotopic (exact) mass is 196 g/mol. The summed E-state index contributed by atoms with van der Waals surface area (Å²) >= 11 is 0. The average molecular weight is 196 g/mol. The molecule has 0 aromatic carbocycles. The molecule has 0 amide bonds. The third kappa shape index (κ3) is 2.36. The number of ether oxygens (including phenoxy) is 1. The summed E-state index contributed by atoms with van der Waals surface area (Å²) in [5, 5.41) is 10.3. The molecule has 3 heteroatoms. The maximum Gasteiger partial charge on any atom is 0.106 e. The Balaban J connectivity index is 1.99. The summed E-state index contributed by atoms with van der Waals surface area (Å²) in [4.78, 5) is 0. The van der Waals surface area contributed by atoms with E-state index in [4.69, 9.17) is 9.15 Å². The van der Waals surface area contributed by atoms with Crippen LogP contribution in [0.4, 0.5) is 0 Å². The molecule has 14 heavy (non-hydrogen) atoms. The summed E-state index contributed by atoms with van der Waals surface area (Å²) in [6.07, 6.45) is 4.67. The Kier molecular flexibility index (Phi) is 2.89. The molecule has 1 atom stereocenters. The maximum absolute atomic E-state index is 10.3. The summed E-state index contributed by atoms with van der Waals surface area (Å²) in [5.41, 5.74) is -0.631. The molecule has 2 rings (SSSR count). The summed E-state index contributed by atoms with van der Waals surface area (Å²) in [6.45, 7) is 1.41. The molecular weight excluding hydrogens is 180 g/mol. The van der Waals surface area contributed by atoms with Crippen LogP contribution < -0.4 is 0 Å². The van der Waals surface area contributed by atoms with Crippen molar-refractivity contribution in [3.63, 3.8) is 0 Å². The van der Waals surface area contributed by atoms with Crippen molar-refractivity contribution in [1.82, 2.24) is 0 Å². The van der Waals surface area contributed by atoms with Crippen molar-refractivity contribution >= 4 is 0 Å². The molecular formula is C11H16O3. The second kappa shape index (κ2) is 4.15. The van der Waals surface area contributed by atoms with Gasteiger partial charge in [0.2, 0.25) is 0 Å². The Labute approximate surface area is 83.7 Å². The van der Waals surface area contributed by atoms with Gasteiger partial charge in [0.1, 0.15) is 5.76 Å². The highest BCUT2D eigenvalue weighted by molar-refractivity contribution is 5.03. The molecule has 78 valence electrons. The SMILES string of the molecule is OC1(Cc2ccco2)CCCOCC1. The fourth-order valence-electron chi connectivity index (χ4n) is 1.91. The summed E-state index contributed by atoms with van der Waals surface area (Å²) in [7, 11) is 0. The highest BCUT2D eigenvalue weighted by Crippen LogP contribution is 2.25. The van der Waals surface area contributed by atoms with Crippen LogP contribution in [0.25, 0.3) is 0 Å². The van der Waals surface area contributed by atoms with E-state index in [0.717, 1.165) is 25.2 Å². The van der Waals surface area contributed by atoms with Crippen molar-refractivity contribution in [2.24, 2.45) is 0 Å². The Morgan fingerprint density at radius 1 is 1.36 bits per heavy atom. The summed E-state index contributed by atoms with van der Waals surface area (Å²) in [5.74, 6) is 0.856. The number of rotatable bonds is 2. The van der Waals surface area contributed by atoms with Crippen LogP contribution in [0.15, 0.2) is 22.8 Å². The smallest absolute Gasteiger partial charge is 0.106 e. The molecule has 0 aliphatic carbocycles. The Morgan fingerprint density at radius 2 is 2.29 bits per heavy atom. The van der Waals surface area contributed by atoms with Crippen LogP contribution in [0, 0.1) is 0 Å². The van der Waals surface area contributed by atoms with Crippen LogP contribution >= 0.6 is 0 Å². The third-order valence-electron chi connectivity index (χ3n) is 2.73. The van der Waals surface area contributed by atoms with E-state index in [1.165, 1.54) is 0 Å². The van der Waals surface area contributed by atoms with Gasteiger partial charge in [0.05, 0.1) is 11.9 Å². The normalized spacial score (nSPS) is 28.6. The minimum absolute atomic E-state index is 0.601. The zero-order chi connectivity index (χ0) is 9.86. The van der Waals surface area contributed by atoms with Gasteiger partial charge in [0, 0.05) is 19.6 Å². The van der Waals surface area contributed by atoms with Gasteiger partial charge in [0.15, 0.2) is 0 Å². The minimum Gasteiger partial charge on any atom is -0.469 e. The fourth-order valence-corrected chi connectivity index (χ4v) is 1.91. The number of aliphatic hydroxyl groups is 1. The van der Waals surface area contributed by atoms with Gasteiger partial charge in [-0.05, 0) is 31.4 Å². The lowest BCUT2D eigenvalue weighted by atomic mass is 9.90. The van der Waals surface area contributed by atoms with Crippen molar-refractivity contribution in [3.8, 4) is 0 Å². The molecule has 0 radical (unpaired) electrons. The van der Waals surface area contributed by atoms with E-state index < -0.39 is 5.60 Å². The fraction of sp³-hybridized carbons (Fsp3) is 0.636. The van der Waals surface area contributed by atoms with E-state index in [0.29, 0.717) is 19.4 Å². The van der Waals surface area contributed by atoms with Crippen LogP contribution in [-0.4, -0.2) is 23.9 Å². The van der Waals surface area contributed by atoms with Crippen molar-refractivity contribution in [2.75, 3.05) is 13.2 Å². The van der Waals surface area contributed by atoms with Crippen LogP contribution in [0.3, 0.4) is 0 Å². The second-order valence-corrected chi connectivity index (χ2v) is 3.95. The molecule has 1 unspecified atom stereocenters. The topological polar surface area (TPSA) is 42.6 Å². The van der Waals surface area contributed by atoms with Crippen molar-refractivity contribution in [1.29, 1.82) is 0 Å². The number of hydrogen-bond donors (Lipinski definition) is 1. The number of hydrogen-bond acceptors (Lipinski definition) is 3. The molecule has 1 aromatic heterocycles. The van der Waals surface area contributed by atoms with E-state index in [-0.39, 0.29) is 0 Å². The first-order chi connectivity index (χ1) is 6.79. The van der Waals surface area contributed by atoms with Crippen molar-refractivity contribution in [2.45, 2.75) is 31.3 Å². The van der Waals surface area contributed by atoms with Crippen LogP contribution in [0.1, 0.15) is 25.0 Å². The molecule has 1 N–H and O–H groups in total. The van der Waals surface area contributed by atoms with E-state index in [1.807, 2.05) is 12.1 Å². The van der Waals surface area contributed by atoms with Gasteiger partial charge in [-0.15, -0.1) is 0 Å². The molecule has 1 fully saturated rings. The Morgan fingerprint density at radius 3 is 3.07 bits per heavy atom. The first kappa shape index (κ1) is 9.74. The van der Waals surface area contributed by atoms with Gasteiger partial charge < -0.3 is 14.3 Å². The second-order valence-electron chi connectivity index (χ2n) is 3.95. The highest BCUT2D eigenvalue weighted by atomic mass is 16.5. The molecule has 1 saturated heterocycles. The highest BCUT2D eigenvalue weighted by Gasteiger charge is 2.29. The van der Waals surface area contributed by atoms with Gasteiger partial charge in [0.25, 0.3) is 0 Å². The third-order valence-corrected chi connectivity index (χ3v) is 2.73. The van der Waals surface area contributed by atoms with E-state index in [2.05, 4.69) is 0 Å². The molecule has 1 aliphatic heterocycles. The van der Waals surface area contributed by atoms with Crippen LogP contribution in [0.5, 0.6) is 0 Å². The van der Waals surface area contributed by atoms with E-state index in [9.17, 15) is 5.11 Å². The molecule has 3 nitrogen and oxygen atoms in total. The summed E-state index contributed by atoms with van der Waals surface area (Å²) < 4.78 is 10.6. The van der Waals surface area contributed by atoms with Gasteiger partial charge in [-0.3, -0.25) is 0 Å². The Hall–Kier alpha value is -0.800. The van der Waals surface area contributed by atoms with Gasteiger partial charge in [-0.25, -0.2) is 0 Å². The van der Waals surface area contributed by atoms with Crippen molar-refractivity contribution < 1.29 is 14.3 Å². The van der Waals surface area contributed by atoms with Gasteiger partial charge >= 0.3 is 0 Å². The first-order valence-corrected chi connectivity index (χ1v) is 5.11. The zero-order valence-corrected chi connectivity index (χ0v) is 8.24. The van der Waals surface area contributed by atoms with Gasteiger partial charge in [-0.1, -0.05) is 0 Å². The Bertz CT molecular complexity index is 258.